The normalized spacial score (nSPS) is 10.5. The number of rotatable bonds is 4. The number of amides is 1. The first-order chi connectivity index (χ1) is 10.0. The molecule has 0 bridgehead atoms. The number of nitrogens with two attached hydrogens (primary N) is 1. The number of nitrogens with one attached hydrogen (secondary N) is 1. The Morgan fingerprint density at radius 2 is 1.62 bits per heavy atom. The summed E-state index contributed by atoms with van der Waals surface area (Å²) in [7, 11) is 0. The van der Waals surface area contributed by atoms with Gasteiger partial charge in [-0.2, -0.15) is 0 Å². The van der Waals surface area contributed by atoms with Crippen LogP contribution < -0.4 is 11.1 Å². The first-order valence-corrected chi connectivity index (χ1v) is 7.01. The number of hydrogen-bond acceptors (Lipinski definition) is 2. The van der Waals surface area contributed by atoms with Crippen LogP contribution in [0.1, 0.15) is 21.5 Å². The van der Waals surface area contributed by atoms with E-state index in [-0.39, 0.29) is 11.0 Å². The van der Waals surface area contributed by atoms with Crippen molar-refractivity contribution in [3.63, 3.8) is 0 Å². The second-order valence-corrected chi connectivity index (χ2v) is 5.36. The van der Waals surface area contributed by atoms with Gasteiger partial charge in [0.05, 0.1) is 0 Å². The van der Waals surface area contributed by atoms with Crippen LogP contribution in [-0.2, 0) is 13.1 Å². The molecular weight excluding hydrogens is 342 g/mol. The van der Waals surface area contributed by atoms with Crippen LogP contribution in [0.4, 0.5) is 8.78 Å². The minimum absolute atomic E-state index is 0.179. The highest BCUT2D eigenvalue weighted by Gasteiger charge is 2.18. The lowest BCUT2D eigenvalue weighted by Gasteiger charge is -2.08. The standard InChI is InChI=1S/C15H13BrF2N2O/c16-11-5-12(17)14(13(18)6-11)15(21)20-8-10-3-1-9(7-19)2-4-10/h1-6H,7-8,19H2,(H,20,21). The summed E-state index contributed by atoms with van der Waals surface area (Å²) < 4.78 is 27.5. The van der Waals surface area contributed by atoms with Gasteiger partial charge in [-0.05, 0) is 23.3 Å². The molecule has 1 amide bonds. The smallest absolute Gasteiger partial charge is 0.257 e. The van der Waals surface area contributed by atoms with Crippen LogP contribution in [0.15, 0.2) is 40.9 Å². The molecule has 0 aromatic heterocycles. The van der Waals surface area contributed by atoms with Crippen molar-refractivity contribution in [3.8, 4) is 0 Å². The van der Waals surface area contributed by atoms with E-state index in [1.165, 1.54) is 0 Å². The molecule has 0 atom stereocenters. The highest BCUT2D eigenvalue weighted by molar-refractivity contribution is 9.10. The van der Waals surface area contributed by atoms with Crippen molar-refractivity contribution in [1.82, 2.24) is 5.32 Å². The van der Waals surface area contributed by atoms with Crippen molar-refractivity contribution in [2.75, 3.05) is 0 Å². The first-order valence-electron chi connectivity index (χ1n) is 6.22. The fraction of sp³-hybridized carbons (Fsp3) is 0.133. The van der Waals surface area contributed by atoms with Crippen LogP contribution in [0.25, 0.3) is 0 Å². The largest absolute Gasteiger partial charge is 0.348 e. The Morgan fingerprint density at radius 3 is 2.14 bits per heavy atom. The molecule has 2 aromatic rings. The SMILES string of the molecule is NCc1ccc(CNC(=O)c2c(F)cc(Br)cc2F)cc1. The molecule has 0 heterocycles. The number of hydrogen-bond donors (Lipinski definition) is 2. The molecule has 2 aromatic carbocycles. The van der Waals surface area contributed by atoms with Crippen LogP contribution in [0.2, 0.25) is 0 Å². The van der Waals surface area contributed by atoms with Crippen LogP contribution in [0.3, 0.4) is 0 Å². The molecule has 2 rings (SSSR count). The zero-order chi connectivity index (χ0) is 15.4. The van der Waals surface area contributed by atoms with Gasteiger partial charge in [0, 0.05) is 17.6 Å². The van der Waals surface area contributed by atoms with Gasteiger partial charge in [0.2, 0.25) is 0 Å². The zero-order valence-corrected chi connectivity index (χ0v) is 12.6. The van der Waals surface area contributed by atoms with Gasteiger partial charge in [-0.3, -0.25) is 4.79 Å². The molecule has 3 nitrogen and oxygen atoms in total. The van der Waals surface area contributed by atoms with Crippen LogP contribution >= 0.6 is 15.9 Å². The third-order valence-electron chi connectivity index (χ3n) is 2.95. The van der Waals surface area contributed by atoms with Gasteiger partial charge in [0.15, 0.2) is 0 Å². The van der Waals surface area contributed by atoms with E-state index in [1.807, 2.05) is 12.1 Å². The summed E-state index contributed by atoms with van der Waals surface area (Å²) in [6, 6.07) is 9.38. The van der Waals surface area contributed by atoms with E-state index < -0.39 is 23.1 Å². The van der Waals surface area contributed by atoms with Gasteiger partial charge in [-0.15, -0.1) is 0 Å². The average Bonchev–Trinajstić information content (AvgIpc) is 2.44. The Morgan fingerprint density at radius 1 is 1.10 bits per heavy atom. The Kier molecular flexibility index (Phi) is 5.03. The Bertz CT molecular complexity index is 636. The third kappa shape index (κ3) is 3.86. The average molecular weight is 355 g/mol. The predicted molar refractivity (Wildman–Crippen MR) is 79.6 cm³/mol. The lowest BCUT2D eigenvalue weighted by Crippen LogP contribution is -2.25. The van der Waals surface area contributed by atoms with Gasteiger partial charge in [-0.1, -0.05) is 40.2 Å². The summed E-state index contributed by atoms with van der Waals surface area (Å²) in [5.41, 5.74) is 6.69. The number of carbonyl (C=O) groups excluding carboxylic acids is 1. The molecule has 0 spiro atoms. The summed E-state index contributed by atoms with van der Waals surface area (Å²) in [5.74, 6) is -2.60. The highest BCUT2D eigenvalue weighted by Crippen LogP contribution is 2.19. The molecule has 6 heteroatoms. The van der Waals surface area contributed by atoms with Gasteiger partial charge < -0.3 is 11.1 Å². The highest BCUT2D eigenvalue weighted by atomic mass is 79.9. The Balaban J connectivity index is 2.08. The number of benzene rings is 2. The minimum atomic E-state index is -0.905. The molecule has 0 aliphatic rings. The molecule has 0 unspecified atom stereocenters. The van der Waals surface area contributed by atoms with Crippen molar-refractivity contribution >= 4 is 21.8 Å². The van der Waals surface area contributed by atoms with Gasteiger partial charge in [0.1, 0.15) is 17.2 Å². The van der Waals surface area contributed by atoms with E-state index >= 15 is 0 Å². The van der Waals surface area contributed by atoms with E-state index in [0.717, 1.165) is 23.3 Å². The second-order valence-electron chi connectivity index (χ2n) is 4.45. The molecule has 110 valence electrons. The van der Waals surface area contributed by atoms with E-state index in [0.29, 0.717) is 6.54 Å². The van der Waals surface area contributed by atoms with Crippen molar-refractivity contribution in [2.45, 2.75) is 13.1 Å². The summed E-state index contributed by atoms with van der Waals surface area (Å²) in [6.45, 7) is 0.612. The molecule has 3 N–H and O–H groups in total. The predicted octanol–water partition coefficient (Wildman–Crippen LogP) is 3.12. The third-order valence-corrected chi connectivity index (χ3v) is 3.40. The Labute approximate surface area is 129 Å². The van der Waals surface area contributed by atoms with E-state index in [4.69, 9.17) is 5.73 Å². The van der Waals surface area contributed by atoms with Crippen LogP contribution in [-0.4, -0.2) is 5.91 Å². The van der Waals surface area contributed by atoms with Gasteiger partial charge >= 0.3 is 0 Å². The van der Waals surface area contributed by atoms with Crippen molar-refractivity contribution < 1.29 is 13.6 Å². The summed E-state index contributed by atoms with van der Waals surface area (Å²) >= 11 is 2.96. The van der Waals surface area contributed by atoms with Crippen molar-refractivity contribution in [2.24, 2.45) is 5.73 Å². The van der Waals surface area contributed by atoms with Gasteiger partial charge in [0.25, 0.3) is 5.91 Å². The summed E-state index contributed by atoms with van der Waals surface area (Å²) in [5, 5.41) is 2.49. The lowest BCUT2D eigenvalue weighted by molar-refractivity contribution is 0.0942. The molecule has 0 saturated carbocycles. The zero-order valence-electron chi connectivity index (χ0n) is 11.0. The fourth-order valence-electron chi connectivity index (χ4n) is 1.82. The van der Waals surface area contributed by atoms with Crippen molar-refractivity contribution in [1.29, 1.82) is 0 Å². The van der Waals surface area contributed by atoms with E-state index in [9.17, 15) is 13.6 Å². The number of carbonyl (C=O) groups is 1. The minimum Gasteiger partial charge on any atom is -0.348 e. The Hall–Kier alpha value is -1.79. The van der Waals surface area contributed by atoms with Gasteiger partial charge in [-0.25, -0.2) is 8.78 Å². The second kappa shape index (κ2) is 6.78. The molecule has 0 aliphatic carbocycles. The van der Waals surface area contributed by atoms with Crippen LogP contribution in [0, 0.1) is 11.6 Å². The maximum absolute atomic E-state index is 13.6. The molecular formula is C15H13BrF2N2O. The molecule has 21 heavy (non-hydrogen) atoms. The lowest BCUT2D eigenvalue weighted by atomic mass is 10.1. The molecule has 0 radical (unpaired) electrons. The maximum Gasteiger partial charge on any atom is 0.257 e. The summed E-state index contributed by atoms with van der Waals surface area (Å²) in [4.78, 5) is 11.9. The first kappa shape index (κ1) is 15.6. The molecule has 0 fully saturated rings. The fourth-order valence-corrected chi connectivity index (χ4v) is 2.23. The maximum atomic E-state index is 13.6. The molecule has 0 saturated heterocycles. The van der Waals surface area contributed by atoms with E-state index in [2.05, 4.69) is 21.2 Å². The molecule has 0 aliphatic heterocycles. The van der Waals surface area contributed by atoms with Crippen LogP contribution in [0.5, 0.6) is 0 Å². The topological polar surface area (TPSA) is 55.1 Å². The summed E-state index contributed by atoms with van der Waals surface area (Å²) in [6.07, 6.45) is 0. The number of halogens is 3. The van der Waals surface area contributed by atoms with Crippen molar-refractivity contribution in [3.05, 3.63) is 69.2 Å². The van der Waals surface area contributed by atoms with E-state index in [1.54, 1.807) is 12.1 Å². The monoisotopic (exact) mass is 354 g/mol. The quantitative estimate of drug-likeness (QED) is 0.886.